The minimum Gasteiger partial charge on any atom is -0.477 e. The molecule has 2 rings (SSSR count). The van der Waals surface area contributed by atoms with Gasteiger partial charge in [-0.3, -0.25) is 0 Å². The molecule has 0 aliphatic heterocycles. The second-order valence-corrected chi connectivity index (χ2v) is 4.86. The second kappa shape index (κ2) is 6.70. The van der Waals surface area contributed by atoms with Crippen LogP contribution in [0, 0.1) is 6.92 Å². The topological polar surface area (TPSA) is 56.3 Å². The summed E-state index contributed by atoms with van der Waals surface area (Å²) in [4.78, 5) is 9.16. The third-order valence-corrected chi connectivity index (χ3v) is 3.14. The highest BCUT2D eigenvalue weighted by molar-refractivity contribution is 5.49. The molecule has 0 amide bonds. The van der Waals surface area contributed by atoms with E-state index >= 15 is 0 Å². The molecule has 19 heavy (non-hydrogen) atoms. The van der Waals surface area contributed by atoms with Crippen molar-refractivity contribution in [3.8, 4) is 5.88 Å². The van der Waals surface area contributed by atoms with Gasteiger partial charge in [-0.05, 0) is 26.7 Å². The number of nitrogens with zero attached hydrogens (tertiary/aromatic N) is 2. The highest BCUT2D eigenvalue weighted by Gasteiger charge is 2.28. The van der Waals surface area contributed by atoms with Crippen LogP contribution in [-0.4, -0.2) is 36.8 Å². The smallest absolute Gasteiger partial charge is 0.221 e. The van der Waals surface area contributed by atoms with Gasteiger partial charge >= 0.3 is 0 Å². The van der Waals surface area contributed by atoms with Gasteiger partial charge < -0.3 is 14.8 Å². The zero-order valence-electron chi connectivity index (χ0n) is 12.0. The Morgan fingerprint density at radius 1 is 1.26 bits per heavy atom. The van der Waals surface area contributed by atoms with Crippen molar-refractivity contribution in [3.63, 3.8) is 0 Å². The predicted molar refractivity (Wildman–Crippen MR) is 74.9 cm³/mol. The first-order chi connectivity index (χ1) is 9.26. The highest BCUT2D eigenvalue weighted by atomic mass is 16.5. The average molecular weight is 265 g/mol. The van der Waals surface area contributed by atoms with Crippen LogP contribution in [0.5, 0.6) is 5.88 Å². The minimum absolute atomic E-state index is 0.527. The van der Waals surface area contributed by atoms with Crippen LogP contribution < -0.4 is 10.1 Å². The van der Waals surface area contributed by atoms with Crippen LogP contribution in [0.3, 0.4) is 0 Å². The van der Waals surface area contributed by atoms with Crippen LogP contribution in [0.25, 0.3) is 0 Å². The van der Waals surface area contributed by atoms with Crippen LogP contribution >= 0.6 is 0 Å². The summed E-state index contributed by atoms with van der Waals surface area (Å²) in [5, 5.41) is 3.29. The Labute approximate surface area is 114 Å². The third kappa shape index (κ3) is 3.80. The summed E-state index contributed by atoms with van der Waals surface area (Å²) in [6.45, 7) is 6.25. The lowest BCUT2D eigenvalue weighted by Crippen LogP contribution is -2.10. The standard InChI is InChI=1S/C14H23N3O2/c1-4-15-12-10(2)14(19-9-5-8-18-3)17-13(16-12)11-6-7-11/h11H,4-9H2,1-3H3,(H,15,16,17). The Morgan fingerprint density at radius 2 is 2.05 bits per heavy atom. The van der Waals surface area contributed by atoms with Crippen molar-refractivity contribution in [2.45, 2.75) is 39.0 Å². The van der Waals surface area contributed by atoms with Gasteiger partial charge in [-0.25, -0.2) is 4.98 Å². The molecular weight excluding hydrogens is 242 g/mol. The molecule has 5 nitrogen and oxygen atoms in total. The second-order valence-electron chi connectivity index (χ2n) is 4.86. The van der Waals surface area contributed by atoms with Gasteiger partial charge in [0.1, 0.15) is 11.6 Å². The quantitative estimate of drug-likeness (QED) is 0.732. The molecular formula is C14H23N3O2. The third-order valence-electron chi connectivity index (χ3n) is 3.14. The molecule has 1 aliphatic carbocycles. The fraction of sp³-hybridized carbons (Fsp3) is 0.714. The molecule has 0 aromatic carbocycles. The molecule has 0 saturated heterocycles. The number of ether oxygens (including phenoxy) is 2. The predicted octanol–water partition coefficient (Wildman–Crippen LogP) is 2.51. The lowest BCUT2D eigenvalue weighted by molar-refractivity contribution is 0.170. The van der Waals surface area contributed by atoms with Gasteiger partial charge in [0.05, 0.1) is 12.2 Å². The van der Waals surface area contributed by atoms with Crippen molar-refractivity contribution in [2.24, 2.45) is 0 Å². The molecule has 0 unspecified atom stereocenters. The molecule has 0 spiro atoms. The Balaban J connectivity index is 2.10. The maximum absolute atomic E-state index is 5.77. The summed E-state index contributed by atoms with van der Waals surface area (Å²) in [5.41, 5.74) is 0.990. The summed E-state index contributed by atoms with van der Waals surface area (Å²) in [7, 11) is 1.70. The fourth-order valence-corrected chi connectivity index (χ4v) is 1.89. The van der Waals surface area contributed by atoms with E-state index in [1.807, 2.05) is 6.92 Å². The molecule has 1 aliphatic rings. The Kier molecular flexibility index (Phi) is 4.96. The monoisotopic (exact) mass is 265 g/mol. The molecule has 1 fully saturated rings. The lowest BCUT2D eigenvalue weighted by Gasteiger charge is -2.13. The Morgan fingerprint density at radius 3 is 2.68 bits per heavy atom. The Hall–Kier alpha value is -1.36. The van der Waals surface area contributed by atoms with Crippen molar-refractivity contribution in [1.82, 2.24) is 9.97 Å². The normalized spacial score (nSPS) is 14.5. The molecule has 5 heteroatoms. The van der Waals surface area contributed by atoms with E-state index in [0.717, 1.165) is 30.2 Å². The van der Waals surface area contributed by atoms with Gasteiger partial charge in [0.25, 0.3) is 0 Å². The molecule has 0 bridgehead atoms. The van der Waals surface area contributed by atoms with Gasteiger partial charge in [-0.15, -0.1) is 0 Å². The van der Waals surface area contributed by atoms with E-state index in [1.165, 1.54) is 12.8 Å². The van der Waals surface area contributed by atoms with Crippen LogP contribution in [0.1, 0.15) is 43.5 Å². The number of methoxy groups -OCH3 is 1. The SMILES string of the molecule is CCNc1nc(C2CC2)nc(OCCCOC)c1C. The summed E-state index contributed by atoms with van der Waals surface area (Å²) in [6.07, 6.45) is 3.25. The number of rotatable bonds is 8. The number of anilines is 1. The van der Waals surface area contributed by atoms with E-state index in [0.29, 0.717) is 25.0 Å². The van der Waals surface area contributed by atoms with Crippen molar-refractivity contribution in [1.29, 1.82) is 0 Å². The molecule has 106 valence electrons. The van der Waals surface area contributed by atoms with E-state index in [1.54, 1.807) is 7.11 Å². The fourth-order valence-electron chi connectivity index (χ4n) is 1.89. The van der Waals surface area contributed by atoms with Gasteiger partial charge in [0.15, 0.2) is 0 Å². The Bertz CT molecular complexity index is 419. The van der Waals surface area contributed by atoms with Gasteiger partial charge in [0, 0.05) is 32.6 Å². The highest BCUT2D eigenvalue weighted by Crippen LogP contribution is 2.39. The zero-order valence-corrected chi connectivity index (χ0v) is 12.0. The first kappa shape index (κ1) is 14.1. The van der Waals surface area contributed by atoms with Crippen molar-refractivity contribution < 1.29 is 9.47 Å². The molecule has 0 radical (unpaired) electrons. The molecule has 1 aromatic rings. The van der Waals surface area contributed by atoms with E-state index in [9.17, 15) is 0 Å². The first-order valence-electron chi connectivity index (χ1n) is 7.00. The van der Waals surface area contributed by atoms with E-state index in [2.05, 4.69) is 22.2 Å². The van der Waals surface area contributed by atoms with Gasteiger partial charge in [0.2, 0.25) is 5.88 Å². The summed E-state index contributed by atoms with van der Waals surface area (Å²) in [5.74, 6) is 3.06. The molecule has 1 saturated carbocycles. The lowest BCUT2D eigenvalue weighted by atomic mass is 10.3. The first-order valence-corrected chi connectivity index (χ1v) is 7.00. The van der Waals surface area contributed by atoms with Crippen molar-refractivity contribution in [2.75, 3.05) is 32.2 Å². The largest absolute Gasteiger partial charge is 0.477 e. The summed E-state index contributed by atoms with van der Waals surface area (Å²) >= 11 is 0. The number of hydrogen-bond acceptors (Lipinski definition) is 5. The van der Waals surface area contributed by atoms with Gasteiger partial charge in [-0.2, -0.15) is 4.98 Å². The van der Waals surface area contributed by atoms with Crippen LogP contribution in [0.15, 0.2) is 0 Å². The number of hydrogen-bond donors (Lipinski definition) is 1. The number of aromatic nitrogens is 2. The molecule has 1 aromatic heterocycles. The van der Waals surface area contributed by atoms with Crippen LogP contribution in [0.2, 0.25) is 0 Å². The maximum Gasteiger partial charge on any atom is 0.221 e. The van der Waals surface area contributed by atoms with E-state index in [-0.39, 0.29) is 0 Å². The number of nitrogens with one attached hydrogen (secondary N) is 1. The molecule has 1 N–H and O–H groups in total. The summed E-state index contributed by atoms with van der Waals surface area (Å²) in [6, 6.07) is 0. The van der Waals surface area contributed by atoms with Crippen LogP contribution in [0.4, 0.5) is 5.82 Å². The molecule has 1 heterocycles. The summed E-state index contributed by atoms with van der Waals surface area (Å²) < 4.78 is 10.8. The van der Waals surface area contributed by atoms with Crippen LogP contribution in [-0.2, 0) is 4.74 Å². The van der Waals surface area contributed by atoms with E-state index in [4.69, 9.17) is 9.47 Å². The van der Waals surface area contributed by atoms with Gasteiger partial charge in [-0.1, -0.05) is 0 Å². The maximum atomic E-state index is 5.77. The average Bonchev–Trinajstić information content (AvgIpc) is 3.23. The minimum atomic E-state index is 0.527. The molecule has 0 atom stereocenters. The van der Waals surface area contributed by atoms with Crippen molar-refractivity contribution >= 4 is 5.82 Å². The van der Waals surface area contributed by atoms with E-state index < -0.39 is 0 Å². The van der Waals surface area contributed by atoms with Crippen molar-refractivity contribution in [3.05, 3.63) is 11.4 Å². The zero-order chi connectivity index (χ0) is 13.7.